The average Bonchev–Trinajstić information content (AvgIpc) is 2.60. The zero-order valence-electron chi connectivity index (χ0n) is 8.70. The lowest BCUT2D eigenvalue weighted by atomic mass is 10.3. The number of nitrogens with one attached hydrogen (secondary N) is 3. The summed E-state index contributed by atoms with van der Waals surface area (Å²) < 4.78 is 0. The van der Waals surface area contributed by atoms with E-state index in [-0.39, 0.29) is 35.6 Å². The van der Waals surface area contributed by atoms with Gasteiger partial charge >= 0.3 is 0 Å². The summed E-state index contributed by atoms with van der Waals surface area (Å²) >= 11 is 1.15. The lowest BCUT2D eigenvalue weighted by molar-refractivity contribution is -0.122. The zero-order chi connectivity index (χ0) is 10.6. The fourth-order valence-corrected chi connectivity index (χ4v) is 1.78. The van der Waals surface area contributed by atoms with Gasteiger partial charge in [0.1, 0.15) is 6.04 Å². The van der Waals surface area contributed by atoms with Crippen LogP contribution in [0.15, 0.2) is 0 Å². The van der Waals surface area contributed by atoms with Gasteiger partial charge in [-0.2, -0.15) is 0 Å². The van der Waals surface area contributed by atoms with Crippen molar-refractivity contribution in [2.45, 2.75) is 19.0 Å². The molecule has 1 rings (SSSR count). The minimum absolute atomic E-state index is 0. The number of halogens is 1. The summed E-state index contributed by atoms with van der Waals surface area (Å²) in [6, 6.07) is -0.125. The van der Waals surface area contributed by atoms with Gasteiger partial charge in [0.2, 0.25) is 5.91 Å². The molecule has 1 aliphatic heterocycles. The number of thioether (sulfide) groups is 1. The van der Waals surface area contributed by atoms with Gasteiger partial charge in [-0.25, -0.2) is 0 Å². The molecule has 0 saturated carbocycles. The molecule has 0 aliphatic carbocycles. The van der Waals surface area contributed by atoms with Crippen molar-refractivity contribution in [2.75, 3.05) is 19.3 Å². The first-order valence-corrected chi connectivity index (χ1v) is 5.50. The number of carbonyl (C=O) groups is 2. The third kappa shape index (κ3) is 4.72. The maximum absolute atomic E-state index is 11.4. The second-order valence-corrected chi connectivity index (χ2v) is 4.22. The zero-order valence-corrected chi connectivity index (χ0v) is 10.3. The van der Waals surface area contributed by atoms with E-state index in [1.165, 1.54) is 0 Å². The summed E-state index contributed by atoms with van der Waals surface area (Å²) in [6.07, 6.45) is 0. The third-order valence-corrected chi connectivity index (χ3v) is 2.94. The van der Waals surface area contributed by atoms with E-state index in [4.69, 9.17) is 0 Å². The molecule has 3 N–H and O–H groups in total. The van der Waals surface area contributed by atoms with Crippen LogP contribution in [-0.4, -0.2) is 42.6 Å². The van der Waals surface area contributed by atoms with Gasteiger partial charge in [0.05, 0.1) is 0 Å². The summed E-state index contributed by atoms with van der Waals surface area (Å²) in [6.45, 7) is 2.55. The van der Waals surface area contributed by atoms with E-state index in [0.717, 1.165) is 11.8 Å². The van der Waals surface area contributed by atoms with E-state index in [1.807, 2.05) is 14.0 Å². The average molecular weight is 254 g/mol. The highest BCUT2D eigenvalue weighted by atomic mass is 35.5. The normalized spacial score (nSPS) is 21.5. The Bertz CT molecular complexity index is 240. The second kappa shape index (κ2) is 6.92. The van der Waals surface area contributed by atoms with Crippen LogP contribution in [0.2, 0.25) is 0 Å². The summed E-state index contributed by atoms with van der Waals surface area (Å²) in [5.41, 5.74) is 0. The molecular formula is C8H16ClN3O2S. The summed E-state index contributed by atoms with van der Waals surface area (Å²) in [5.74, 6) is 0.420. The third-order valence-electron chi connectivity index (χ3n) is 2.06. The summed E-state index contributed by atoms with van der Waals surface area (Å²) in [5, 5.41) is 8.25. The highest BCUT2D eigenvalue weighted by Crippen LogP contribution is 2.12. The van der Waals surface area contributed by atoms with Gasteiger partial charge in [-0.1, -0.05) is 11.8 Å². The van der Waals surface area contributed by atoms with Gasteiger partial charge in [0.25, 0.3) is 5.24 Å². The minimum atomic E-state index is -0.364. The predicted octanol–water partition coefficient (Wildman–Crippen LogP) is -0.0427. The molecule has 1 heterocycles. The molecule has 15 heavy (non-hydrogen) atoms. The first-order valence-electron chi connectivity index (χ1n) is 4.51. The van der Waals surface area contributed by atoms with Crippen LogP contribution in [0.4, 0.5) is 4.79 Å². The van der Waals surface area contributed by atoms with Crippen molar-refractivity contribution in [3.63, 3.8) is 0 Å². The maximum atomic E-state index is 11.4. The minimum Gasteiger partial charge on any atom is -0.353 e. The molecule has 2 atom stereocenters. The Morgan fingerprint density at radius 1 is 1.73 bits per heavy atom. The molecular weight excluding hydrogens is 238 g/mol. The lowest BCUT2D eigenvalue weighted by Gasteiger charge is -2.14. The van der Waals surface area contributed by atoms with Crippen molar-refractivity contribution in [2.24, 2.45) is 0 Å². The molecule has 7 heteroatoms. The van der Waals surface area contributed by atoms with Crippen LogP contribution >= 0.6 is 24.2 Å². The van der Waals surface area contributed by atoms with Crippen LogP contribution in [0, 0.1) is 0 Å². The van der Waals surface area contributed by atoms with Crippen molar-refractivity contribution < 1.29 is 9.59 Å². The van der Waals surface area contributed by atoms with Crippen LogP contribution in [0.3, 0.4) is 0 Å². The largest absolute Gasteiger partial charge is 0.353 e. The Kier molecular flexibility index (Phi) is 6.71. The standard InChI is InChI=1S/C8H15N3O2S.ClH/c1-5(9-2)3-10-7(12)6-4-14-8(13)11-6;/h5-6,9H,3-4H2,1-2H3,(H,10,12)(H,11,13);1H/t5?,6-;/m0./s1. The molecule has 0 aromatic heterocycles. The van der Waals surface area contributed by atoms with E-state index >= 15 is 0 Å². The quantitative estimate of drug-likeness (QED) is 0.658. The number of likely N-dealkylation sites (N-methyl/N-ethyl adjacent to an activating group) is 1. The Morgan fingerprint density at radius 3 is 2.87 bits per heavy atom. The Labute approximate surface area is 99.5 Å². The highest BCUT2D eigenvalue weighted by Gasteiger charge is 2.27. The first-order chi connectivity index (χ1) is 6.63. The van der Waals surface area contributed by atoms with Gasteiger partial charge in [-0.05, 0) is 14.0 Å². The van der Waals surface area contributed by atoms with Gasteiger partial charge in [0.15, 0.2) is 0 Å². The molecule has 1 unspecified atom stereocenters. The number of hydrogen-bond acceptors (Lipinski definition) is 4. The van der Waals surface area contributed by atoms with Crippen molar-refractivity contribution in [1.82, 2.24) is 16.0 Å². The molecule has 1 fully saturated rings. The summed E-state index contributed by atoms with van der Waals surface area (Å²) in [4.78, 5) is 22.3. The molecule has 5 nitrogen and oxygen atoms in total. The smallest absolute Gasteiger partial charge is 0.279 e. The Hall–Kier alpha value is -0.460. The monoisotopic (exact) mass is 253 g/mol. The lowest BCUT2D eigenvalue weighted by Crippen LogP contribution is -2.46. The van der Waals surface area contributed by atoms with Crippen molar-refractivity contribution in [3.05, 3.63) is 0 Å². The highest BCUT2D eigenvalue weighted by molar-refractivity contribution is 8.14. The number of hydrogen-bond donors (Lipinski definition) is 3. The molecule has 0 bridgehead atoms. The number of rotatable bonds is 4. The van der Waals surface area contributed by atoms with Crippen LogP contribution in [0.1, 0.15) is 6.92 Å². The summed E-state index contributed by atoms with van der Waals surface area (Å²) in [7, 11) is 1.84. The molecule has 1 aliphatic rings. The molecule has 0 radical (unpaired) electrons. The Balaban J connectivity index is 0.00000196. The molecule has 1 saturated heterocycles. The van der Waals surface area contributed by atoms with E-state index in [0.29, 0.717) is 12.3 Å². The number of amides is 2. The maximum Gasteiger partial charge on any atom is 0.279 e. The molecule has 88 valence electrons. The van der Waals surface area contributed by atoms with E-state index < -0.39 is 0 Å². The van der Waals surface area contributed by atoms with Crippen molar-refractivity contribution in [3.8, 4) is 0 Å². The van der Waals surface area contributed by atoms with Crippen LogP contribution in [0.5, 0.6) is 0 Å². The van der Waals surface area contributed by atoms with Gasteiger partial charge in [-0.15, -0.1) is 12.4 Å². The second-order valence-electron chi connectivity index (χ2n) is 3.23. The van der Waals surface area contributed by atoms with E-state index in [2.05, 4.69) is 16.0 Å². The van der Waals surface area contributed by atoms with Crippen molar-refractivity contribution in [1.29, 1.82) is 0 Å². The molecule has 2 amide bonds. The van der Waals surface area contributed by atoms with E-state index in [1.54, 1.807) is 0 Å². The van der Waals surface area contributed by atoms with Gasteiger partial charge < -0.3 is 16.0 Å². The molecule has 0 spiro atoms. The fraction of sp³-hybridized carbons (Fsp3) is 0.750. The topological polar surface area (TPSA) is 70.2 Å². The predicted molar refractivity (Wildman–Crippen MR) is 63.6 cm³/mol. The number of carbonyl (C=O) groups excluding carboxylic acids is 2. The SMILES string of the molecule is CNC(C)CNC(=O)[C@@H]1CSC(=O)N1.Cl. The van der Waals surface area contributed by atoms with Crippen molar-refractivity contribution >= 4 is 35.3 Å². The van der Waals surface area contributed by atoms with Crippen LogP contribution < -0.4 is 16.0 Å². The van der Waals surface area contributed by atoms with Gasteiger partial charge in [0, 0.05) is 18.3 Å². The van der Waals surface area contributed by atoms with Crippen LogP contribution in [-0.2, 0) is 4.79 Å². The van der Waals surface area contributed by atoms with Gasteiger partial charge in [-0.3, -0.25) is 9.59 Å². The fourth-order valence-electron chi connectivity index (χ4n) is 1.00. The molecule has 0 aromatic rings. The van der Waals surface area contributed by atoms with Crippen LogP contribution in [0.25, 0.3) is 0 Å². The first kappa shape index (κ1) is 14.5. The Morgan fingerprint density at radius 2 is 2.40 bits per heavy atom. The van der Waals surface area contributed by atoms with E-state index in [9.17, 15) is 9.59 Å². The molecule has 0 aromatic carbocycles.